The summed E-state index contributed by atoms with van der Waals surface area (Å²) < 4.78 is 1.52. The fourth-order valence-corrected chi connectivity index (χ4v) is 3.88. The minimum absolute atomic E-state index is 0.0767. The van der Waals surface area contributed by atoms with Gasteiger partial charge in [-0.05, 0) is 50.8 Å². The summed E-state index contributed by atoms with van der Waals surface area (Å²) in [4.78, 5) is 27.5. The summed E-state index contributed by atoms with van der Waals surface area (Å²) in [7, 11) is 1.69. The molecule has 5 heteroatoms. The first-order chi connectivity index (χ1) is 12.7. The lowest BCUT2D eigenvalue weighted by molar-refractivity contribution is -0.0507. The van der Waals surface area contributed by atoms with Gasteiger partial charge in [-0.1, -0.05) is 30.3 Å². The van der Waals surface area contributed by atoms with E-state index in [4.69, 9.17) is 0 Å². The van der Waals surface area contributed by atoms with E-state index in [9.17, 15) is 14.7 Å². The van der Waals surface area contributed by atoms with Gasteiger partial charge in [0.15, 0.2) is 0 Å². The van der Waals surface area contributed by atoms with Gasteiger partial charge in [0.25, 0.3) is 11.5 Å². The largest absolute Gasteiger partial charge is 0.390 e. The Kier molecular flexibility index (Phi) is 5.24. The molecule has 1 aromatic heterocycles. The summed E-state index contributed by atoms with van der Waals surface area (Å²) in [6.07, 6.45) is 1.20. The van der Waals surface area contributed by atoms with Crippen molar-refractivity contribution in [2.24, 2.45) is 13.0 Å². The van der Waals surface area contributed by atoms with Crippen LogP contribution in [-0.4, -0.2) is 39.2 Å². The zero-order valence-corrected chi connectivity index (χ0v) is 16.5. The number of hydrogen-bond donors (Lipinski definition) is 1. The fraction of sp³-hybridized carbons (Fsp3) is 0.455. The molecule has 1 aromatic carbocycles. The molecular weight excluding hydrogens is 340 g/mol. The van der Waals surface area contributed by atoms with Crippen molar-refractivity contribution in [3.8, 4) is 0 Å². The quantitative estimate of drug-likeness (QED) is 0.905. The third kappa shape index (κ3) is 3.83. The minimum Gasteiger partial charge on any atom is -0.390 e. The molecule has 0 saturated carbocycles. The van der Waals surface area contributed by atoms with Crippen LogP contribution in [0.25, 0.3) is 0 Å². The van der Waals surface area contributed by atoms with Crippen LogP contribution in [0.5, 0.6) is 0 Å². The molecular formula is C22H28N2O3. The van der Waals surface area contributed by atoms with E-state index in [-0.39, 0.29) is 22.9 Å². The van der Waals surface area contributed by atoms with E-state index < -0.39 is 5.60 Å². The number of aryl methyl sites for hydroxylation is 2. The first-order valence-electron chi connectivity index (χ1n) is 9.43. The molecule has 1 saturated heterocycles. The molecule has 1 amide bonds. The number of piperidine rings is 1. The first-order valence-corrected chi connectivity index (χ1v) is 9.43. The Morgan fingerprint density at radius 3 is 2.59 bits per heavy atom. The summed E-state index contributed by atoms with van der Waals surface area (Å²) in [5.41, 5.74) is 1.83. The van der Waals surface area contributed by atoms with Crippen molar-refractivity contribution in [1.82, 2.24) is 9.47 Å². The maximum atomic E-state index is 13.1. The molecule has 1 fully saturated rings. The van der Waals surface area contributed by atoms with Gasteiger partial charge in [0.1, 0.15) is 5.56 Å². The molecule has 0 unspecified atom stereocenters. The van der Waals surface area contributed by atoms with Gasteiger partial charge < -0.3 is 14.6 Å². The molecule has 2 heterocycles. The Labute approximate surface area is 160 Å². The number of carbonyl (C=O) groups excluding carboxylic acids is 1. The predicted molar refractivity (Wildman–Crippen MR) is 106 cm³/mol. The lowest BCUT2D eigenvalue weighted by atomic mass is 9.78. The van der Waals surface area contributed by atoms with Crippen LogP contribution in [0.2, 0.25) is 0 Å². The summed E-state index contributed by atoms with van der Waals surface area (Å²) in [6, 6.07) is 11.9. The van der Waals surface area contributed by atoms with Gasteiger partial charge in [0, 0.05) is 31.7 Å². The normalized spacial score (nSPS) is 22.7. The average Bonchev–Trinajstić information content (AvgIpc) is 2.62. The third-order valence-corrected chi connectivity index (χ3v) is 5.90. The summed E-state index contributed by atoms with van der Waals surface area (Å²) >= 11 is 0. The van der Waals surface area contributed by atoms with E-state index in [1.54, 1.807) is 11.9 Å². The number of benzene rings is 1. The third-order valence-electron chi connectivity index (χ3n) is 5.90. The van der Waals surface area contributed by atoms with Crippen LogP contribution < -0.4 is 5.56 Å². The second-order valence-electron chi connectivity index (χ2n) is 7.95. The van der Waals surface area contributed by atoms with Crippen molar-refractivity contribution in [3.63, 3.8) is 0 Å². The average molecular weight is 368 g/mol. The number of amides is 1. The maximum absolute atomic E-state index is 13.1. The zero-order valence-electron chi connectivity index (χ0n) is 16.5. The lowest BCUT2D eigenvalue weighted by Gasteiger charge is -2.43. The van der Waals surface area contributed by atoms with Gasteiger partial charge in [-0.25, -0.2) is 0 Å². The molecule has 1 N–H and O–H groups in total. The van der Waals surface area contributed by atoms with E-state index in [0.717, 1.165) is 11.3 Å². The highest BCUT2D eigenvalue weighted by atomic mass is 16.3. The molecule has 0 aliphatic carbocycles. The second-order valence-corrected chi connectivity index (χ2v) is 7.95. The van der Waals surface area contributed by atoms with Crippen molar-refractivity contribution in [1.29, 1.82) is 0 Å². The highest BCUT2D eigenvalue weighted by Gasteiger charge is 2.39. The smallest absolute Gasteiger partial charge is 0.263 e. The van der Waals surface area contributed by atoms with Gasteiger partial charge >= 0.3 is 0 Å². The van der Waals surface area contributed by atoms with Gasteiger partial charge in [-0.2, -0.15) is 0 Å². The van der Waals surface area contributed by atoms with E-state index in [0.29, 0.717) is 31.5 Å². The number of aliphatic hydroxyl groups is 1. The summed E-state index contributed by atoms with van der Waals surface area (Å²) in [5.74, 6) is -0.311. The zero-order chi connectivity index (χ0) is 19.8. The van der Waals surface area contributed by atoms with Crippen LogP contribution in [-0.2, 0) is 13.5 Å². The van der Waals surface area contributed by atoms with Crippen LogP contribution in [0.1, 0.15) is 40.5 Å². The highest BCUT2D eigenvalue weighted by molar-refractivity contribution is 5.95. The summed E-state index contributed by atoms with van der Waals surface area (Å²) in [6.45, 7) is 6.41. The topological polar surface area (TPSA) is 62.5 Å². The number of likely N-dealkylation sites (tertiary alicyclic amines) is 1. The van der Waals surface area contributed by atoms with Crippen LogP contribution in [0.3, 0.4) is 0 Å². The molecule has 1 aliphatic rings. The van der Waals surface area contributed by atoms with Crippen molar-refractivity contribution < 1.29 is 9.90 Å². The van der Waals surface area contributed by atoms with E-state index in [1.165, 1.54) is 4.57 Å². The van der Waals surface area contributed by atoms with Gasteiger partial charge in [-0.3, -0.25) is 9.59 Å². The first kappa shape index (κ1) is 19.4. The minimum atomic E-state index is -0.833. The van der Waals surface area contributed by atoms with E-state index in [1.807, 2.05) is 57.2 Å². The van der Waals surface area contributed by atoms with Crippen molar-refractivity contribution in [2.45, 2.75) is 39.2 Å². The molecule has 0 spiro atoms. The highest BCUT2D eigenvalue weighted by Crippen LogP contribution is 2.31. The Hall–Kier alpha value is -2.40. The molecule has 0 radical (unpaired) electrons. The van der Waals surface area contributed by atoms with E-state index >= 15 is 0 Å². The molecule has 1 aliphatic heterocycles. The second kappa shape index (κ2) is 7.31. The van der Waals surface area contributed by atoms with Crippen LogP contribution >= 0.6 is 0 Å². The lowest BCUT2D eigenvalue weighted by Crippen LogP contribution is -2.53. The molecule has 0 bridgehead atoms. The SMILES string of the molecule is Cc1cc(C)n(C)c(=O)c1C(=O)N1CC[C@](C)(O)[C@H](Cc2ccccc2)C1. The number of rotatable bonds is 3. The summed E-state index contributed by atoms with van der Waals surface area (Å²) in [5, 5.41) is 10.9. The van der Waals surface area contributed by atoms with Crippen LogP contribution in [0.15, 0.2) is 41.2 Å². The number of aromatic nitrogens is 1. The monoisotopic (exact) mass is 368 g/mol. The van der Waals surface area contributed by atoms with Crippen LogP contribution in [0, 0.1) is 19.8 Å². The molecule has 3 rings (SSSR count). The van der Waals surface area contributed by atoms with Crippen LogP contribution in [0.4, 0.5) is 0 Å². The molecule has 2 atom stereocenters. The number of pyridine rings is 1. The number of nitrogens with zero attached hydrogens (tertiary/aromatic N) is 2. The fourth-order valence-electron chi connectivity index (χ4n) is 3.88. The van der Waals surface area contributed by atoms with Gasteiger partial charge in [-0.15, -0.1) is 0 Å². The predicted octanol–water partition coefficient (Wildman–Crippen LogP) is 2.46. The van der Waals surface area contributed by atoms with Gasteiger partial charge in [0.2, 0.25) is 0 Å². The number of carbonyl (C=O) groups is 1. The Balaban J connectivity index is 1.87. The molecule has 144 valence electrons. The Bertz CT molecular complexity index is 900. The maximum Gasteiger partial charge on any atom is 0.263 e. The Morgan fingerprint density at radius 1 is 1.26 bits per heavy atom. The molecule has 5 nitrogen and oxygen atoms in total. The number of hydrogen-bond acceptors (Lipinski definition) is 3. The van der Waals surface area contributed by atoms with Crippen molar-refractivity contribution in [2.75, 3.05) is 13.1 Å². The van der Waals surface area contributed by atoms with Crippen molar-refractivity contribution >= 4 is 5.91 Å². The van der Waals surface area contributed by atoms with Gasteiger partial charge in [0.05, 0.1) is 5.60 Å². The van der Waals surface area contributed by atoms with E-state index in [2.05, 4.69) is 0 Å². The standard InChI is InChI=1S/C22H28N2O3/c1-15-12-16(2)23(4)20(25)19(15)21(26)24-11-10-22(3,27)18(14-24)13-17-8-6-5-7-9-17/h5-9,12,18,27H,10-11,13-14H2,1-4H3/t18-,22+/m1/s1. The van der Waals surface area contributed by atoms with Crippen molar-refractivity contribution in [3.05, 3.63) is 69.1 Å². The molecule has 27 heavy (non-hydrogen) atoms. The Morgan fingerprint density at radius 2 is 1.93 bits per heavy atom. The molecule has 2 aromatic rings.